The van der Waals surface area contributed by atoms with Crippen molar-refractivity contribution in [3.8, 4) is 0 Å². The first-order valence-corrected chi connectivity index (χ1v) is 6.24. The van der Waals surface area contributed by atoms with E-state index >= 15 is 0 Å². The topological polar surface area (TPSA) is 52.7 Å². The molecule has 5 heteroatoms. The number of hydrogen-bond acceptors (Lipinski definition) is 3. The minimum absolute atomic E-state index is 0.155. The minimum Gasteiger partial charge on any atom is -0.342 e. The predicted molar refractivity (Wildman–Crippen MR) is 64.4 cm³/mol. The maximum absolute atomic E-state index is 11.8. The van der Waals surface area contributed by atoms with Crippen LogP contribution < -0.4 is 5.32 Å². The van der Waals surface area contributed by atoms with E-state index < -0.39 is 0 Å². The van der Waals surface area contributed by atoms with Crippen molar-refractivity contribution in [3.05, 3.63) is 0 Å². The fourth-order valence-electron chi connectivity index (χ4n) is 2.95. The third kappa shape index (κ3) is 2.44. The standard InChI is InChI=1S/C12H21N3O2/c1-10(16)14-5-3-12(8-14)4-6-15(9-12)11(17)7-13-2/h13H,3-9H2,1-2H3. The number of likely N-dealkylation sites (N-methyl/N-ethyl adjacent to an activating group) is 1. The number of nitrogens with one attached hydrogen (secondary N) is 1. The summed E-state index contributed by atoms with van der Waals surface area (Å²) in [6.07, 6.45) is 2.07. The van der Waals surface area contributed by atoms with Gasteiger partial charge in [-0.1, -0.05) is 0 Å². The quantitative estimate of drug-likeness (QED) is 0.718. The highest BCUT2D eigenvalue weighted by atomic mass is 16.2. The van der Waals surface area contributed by atoms with E-state index in [4.69, 9.17) is 0 Å². The van der Waals surface area contributed by atoms with E-state index in [2.05, 4.69) is 5.32 Å². The summed E-state index contributed by atoms with van der Waals surface area (Å²) in [7, 11) is 1.79. The molecule has 1 N–H and O–H groups in total. The van der Waals surface area contributed by atoms with Crippen molar-refractivity contribution in [2.75, 3.05) is 39.8 Å². The third-order valence-corrected chi connectivity index (χ3v) is 4.00. The summed E-state index contributed by atoms with van der Waals surface area (Å²) in [5.41, 5.74) is 0.176. The highest BCUT2D eigenvalue weighted by molar-refractivity contribution is 5.78. The molecule has 2 heterocycles. The van der Waals surface area contributed by atoms with Crippen LogP contribution in [0.1, 0.15) is 19.8 Å². The van der Waals surface area contributed by atoms with Gasteiger partial charge in [0.25, 0.3) is 0 Å². The van der Waals surface area contributed by atoms with Crippen molar-refractivity contribution in [1.82, 2.24) is 15.1 Å². The van der Waals surface area contributed by atoms with Gasteiger partial charge in [-0.3, -0.25) is 9.59 Å². The average Bonchev–Trinajstić information content (AvgIpc) is 2.88. The second-order valence-corrected chi connectivity index (χ2v) is 5.29. The fourth-order valence-corrected chi connectivity index (χ4v) is 2.95. The van der Waals surface area contributed by atoms with Crippen LogP contribution in [0.25, 0.3) is 0 Å². The SMILES string of the molecule is CNCC(=O)N1CCC2(CCN(C(C)=O)C2)C1. The maximum Gasteiger partial charge on any atom is 0.236 e. The van der Waals surface area contributed by atoms with Crippen LogP contribution in [-0.2, 0) is 9.59 Å². The molecule has 2 aliphatic rings. The van der Waals surface area contributed by atoms with E-state index in [9.17, 15) is 9.59 Å². The molecular formula is C12H21N3O2. The molecule has 0 saturated carbocycles. The Bertz CT molecular complexity index is 332. The van der Waals surface area contributed by atoms with Gasteiger partial charge in [0.15, 0.2) is 0 Å². The van der Waals surface area contributed by atoms with E-state index in [0.29, 0.717) is 6.54 Å². The summed E-state index contributed by atoms with van der Waals surface area (Å²) in [5.74, 6) is 0.326. The first-order valence-electron chi connectivity index (χ1n) is 6.24. The number of rotatable bonds is 2. The summed E-state index contributed by atoms with van der Waals surface area (Å²) >= 11 is 0. The van der Waals surface area contributed by atoms with Gasteiger partial charge in [-0.25, -0.2) is 0 Å². The Hall–Kier alpha value is -1.10. The second-order valence-electron chi connectivity index (χ2n) is 5.29. The Morgan fingerprint density at radius 3 is 2.29 bits per heavy atom. The summed E-state index contributed by atoms with van der Waals surface area (Å²) < 4.78 is 0. The molecule has 0 aromatic rings. The molecular weight excluding hydrogens is 218 g/mol. The Labute approximate surface area is 102 Å². The maximum atomic E-state index is 11.8. The van der Waals surface area contributed by atoms with Crippen LogP contribution in [-0.4, -0.2) is 61.4 Å². The first kappa shape index (κ1) is 12.4. The van der Waals surface area contributed by atoms with Crippen molar-refractivity contribution < 1.29 is 9.59 Å². The molecule has 1 unspecified atom stereocenters. The molecule has 0 aromatic heterocycles. The van der Waals surface area contributed by atoms with E-state index in [-0.39, 0.29) is 17.2 Å². The third-order valence-electron chi connectivity index (χ3n) is 4.00. The Kier molecular flexibility index (Phi) is 3.38. The van der Waals surface area contributed by atoms with Gasteiger partial charge < -0.3 is 15.1 Å². The normalized spacial score (nSPS) is 28.1. The number of amides is 2. The van der Waals surface area contributed by atoms with Crippen molar-refractivity contribution in [1.29, 1.82) is 0 Å². The minimum atomic E-state index is 0.155. The van der Waals surface area contributed by atoms with Gasteiger partial charge in [0.1, 0.15) is 0 Å². The second kappa shape index (κ2) is 4.64. The molecule has 5 nitrogen and oxygen atoms in total. The lowest BCUT2D eigenvalue weighted by Gasteiger charge is -2.24. The highest BCUT2D eigenvalue weighted by Gasteiger charge is 2.45. The van der Waals surface area contributed by atoms with Crippen molar-refractivity contribution >= 4 is 11.8 Å². The lowest BCUT2D eigenvalue weighted by molar-refractivity contribution is -0.129. The predicted octanol–water partition coefficient (Wildman–Crippen LogP) is -0.323. The molecule has 2 rings (SSSR count). The lowest BCUT2D eigenvalue weighted by atomic mass is 9.86. The smallest absolute Gasteiger partial charge is 0.236 e. The summed E-state index contributed by atoms with van der Waals surface area (Å²) in [5, 5.41) is 2.89. The molecule has 0 aromatic carbocycles. The molecule has 2 aliphatic heterocycles. The van der Waals surface area contributed by atoms with Gasteiger partial charge in [0, 0.05) is 38.5 Å². The van der Waals surface area contributed by atoms with Gasteiger partial charge in [0.05, 0.1) is 6.54 Å². The summed E-state index contributed by atoms with van der Waals surface area (Å²) in [4.78, 5) is 27.0. The molecule has 0 aliphatic carbocycles. The highest BCUT2D eigenvalue weighted by Crippen LogP contribution is 2.39. The number of carbonyl (C=O) groups is 2. The van der Waals surface area contributed by atoms with E-state index in [1.54, 1.807) is 14.0 Å². The number of hydrogen-bond donors (Lipinski definition) is 1. The fraction of sp³-hybridized carbons (Fsp3) is 0.833. The monoisotopic (exact) mass is 239 g/mol. The Morgan fingerprint density at radius 2 is 1.76 bits per heavy atom. The van der Waals surface area contributed by atoms with Crippen molar-refractivity contribution in [3.63, 3.8) is 0 Å². The van der Waals surface area contributed by atoms with Gasteiger partial charge in [-0.15, -0.1) is 0 Å². The van der Waals surface area contributed by atoms with Crippen LogP contribution in [0.2, 0.25) is 0 Å². The van der Waals surface area contributed by atoms with Crippen LogP contribution in [0, 0.1) is 5.41 Å². The van der Waals surface area contributed by atoms with E-state index in [0.717, 1.165) is 39.0 Å². The molecule has 96 valence electrons. The molecule has 2 fully saturated rings. The molecule has 1 spiro atoms. The molecule has 17 heavy (non-hydrogen) atoms. The zero-order valence-corrected chi connectivity index (χ0v) is 10.7. The van der Waals surface area contributed by atoms with Crippen LogP contribution in [0.3, 0.4) is 0 Å². The summed E-state index contributed by atoms with van der Waals surface area (Å²) in [6.45, 7) is 5.36. The molecule has 1 atom stereocenters. The number of likely N-dealkylation sites (tertiary alicyclic amines) is 2. The van der Waals surface area contributed by atoms with Gasteiger partial charge >= 0.3 is 0 Å². The first-order chi connectivity index (χ1) is 8.06. The zero-order chi connectivity index (χ0) is 12.5. The average molecular weight is 239 g/mol. The van der Waals surface area contributed by atoms with Crippen LogP contribution in [0.15, 0.2) is 0 Å². The van der Waals surface area contributed by atoms with E-state index in [1.807, 2.05) is 9.80 Å². The molecule has 2 saturated heterocycles. The van der Waals surface area contributed by atoms with Crippen molar-refractivity contribution in [2.45, 2.75) is 19.8 Å². The lowest BCUT2D eigenvalue weighted by Crippen LogP contribution is -2.38. The molecule has 2 amide bonds. The van der Waals surface area contributed by atoms with Crippen LogP contribution >= 0.6 is 0 Å². The van der Waals surface area contributed by atoms with Gasteiger partial charge in [-0.05, 0) is 19.9 Å². The van der Waals surface area contributed by atoms with Crippen LogP contribution in [0.5, 0.6) is 0 Å². The molecule has 0 radical (unpaired) electrons. The summed E-state index contributed by atoms with van der Waals surface area (Å²) in [6, 6.07) is 0. The van der Waals surface area contributed by atoms with E-state index in [1.165, 1.54) is 0 Å². The largest absolute Gasteiger partial charge is 0.342 e. The van der Waals surface area contributed by atoms with Gasteiger partial charge in [0.2, 0.25) is 11.8 Å². The number of nitrogens with zero attached hydrogens (tertiary/aromatic N) is 2. The van der Waals surface area contributed by atoms with Crippen molar-refractivity contribution in [2.24, 2.45) is 5.41 Å². The van der Waals surface area contributed by atoms with Crippen LogP contribution in [0.4, 0.5) is 0 Å². The Balaban J connectivity index is 1.93. The molecule has 0 bridgehead atoms. The Morgan fingerprint density at radius 1 is 1.18 bits per heavy atom. The van der Waals surface area contributed by atoms with Gasteiger partial charge in [-0.2, -0.15) is 0 Å². The zero-order valence-electron chi connectivity index (χ0n) is 10.7. The number of carbonyl (C=O) groups excluding carboxylic acids is 2.